The molecule has 248 valence electrons. The van der Waals surface area contributed by atoms with Crippen molar-refractivity contribution in [1.29, 1.82) is 0 Å². The lowest BCUT2D eigenvalue weighted by atomic mass is 10.1. The second-order valence-corrected chi connectivity index (χ2v) is 11.6. The third-order valence-corrected chi connectivity index (χ3v) is 8.70. The molecular weight excluding hydrogens is 630 g/mol. The first-order chi connectivity index (χ1) is 22.7. The van der Waals surface area contributed by atoms with Crippen molar-refractivity contribution in [3.63, 3.8) is 0 Å². The smallest absolute Gasteiger partial charge is 0.338 e. The van der Waals surface area contributed by atoms with Gasteiger partial charge in [0.1, 0.15) is 34.3 Å². The van der Waals surface area contributed by atoms with Gasteiger partial charge in [0.05, 0.1) is 30.5 Å². The van der Waals surface area contributed by atoms with Gasteiger partial charge < -0.3 is 30.2 Å². The molecule has 1 aliphatic rings. The quantitative estimate of drug-likeness (QED) is 0.140. The van der Waals surface area contributed by atoms with Gasteiger partial charge in [0, 0.05) is 29.8 Å². The third-order valence-electron chi connectivity index (χ3n) is 7.52. The fraction of sp³-hybridized carbons (Fsp3) is 0.303. The average molecular weight is 667 g/mol. The maximum Gasteiger partial charge on any atom is 0.338 e. The number of carbonyl (C=O) groups is 2. The molecule has 1 saturated heterocycles. The minimum Gasteiger partial charge on any atom is -0.493 e. The SMILES string of the molecule is CCN(CC)CCCOc1cc2nc(N)cc(Oc3ccc(NC(=O)NN4C(=O)CSC4c4c(F)cccc4F)cc3)c2cc1OC. The molecule has 4 aromatic rings. The zero-order valence-corrected chi connectivity index (χ0v) is 27.0. The van der Waals surface area contributed by atoms with E-state index < -0.39 is 28.9 Å². The highest BCUT2D eigenvalue weighted by atomic mass is 32.2. The van der Waals surface area contributed by atoms with Crippen molar-refractivity contribution in [2.45, 2.75) is 25.6 Å². The van der Waals surface area contributed by atoms with Gasteiger partial charge in [0.2, 0.25) is 0 Å². The van der Waals surface area contributed by atoms with E-state index in [1.165, 1.54) is 6.07 Å². The molecule has 3 amide bonds. The molecule has 2 heterocycles. The molecule has 47 heavy (non-hydrogen) atoms. The van der Waals surface area contributed by atoms with Crippen LogP contribution < -0.4 is 30.7 Å². The number of hydrazine groups is 1. The largest absolute Gasteiger partial charge is 0.493 e. The number of urea groups is 1. The normalized spacial score (nSPS) is 14.5. The van der Waals surface area contributed by atoms with Gasteiger partial charge in [-0.25, -0.2) is 29.0 Å². The lowest BCUT2D eigenvalue weighted by molar-refractivity contribution is -0.130. The Morgan fingerprint density at radius 3 is 2.47 bits per heavy atom. The minimum atomic E-state index is -1.05. The first kappa shape index (κ1) is 33.5. The van der Waals surface area contributed by atoms with E-state index in [0.29, 0.717) is 46.2 Å². The lowest BCUT2D eigenvalue weighted by Gasteiger charge is -2.25. The average Bonchev–Trinajstić information content (AvgIpc) is 3.40. The second-order valence-electron chi connectivity index (χ2n) is 10.5. The van der Waals surface area contributed by atoms with E-state index in [-0.39, 0.29) is 17.1 Å². The first-order valence-corrected chi connectivity index (χ1v) is 16.1. The van der Waals surface area contributed by atoms with Gasteiger partial charge in [0.25, 0.3) is 5.91 Å². The van der Waals surface area contributed by atoms with Crippen LogP contribution in [0.2, 0.25) is 0 Å². The van der Waals surface area contributed by atoms with E-state index in [2.05, 4.69) is 34.5 Å². The van der Waals surface area contributed by atoms with E-state index in [9.17, 15) is 18.4 Å². The minimum absolute atomic E-state index is 0.0455. The van der Waals surface area contributed by atoms with Crippen LogP contribution in [-0.2, 0) is 4.79 Å². The maximum absolute atomic E-state index is 14.4. The Balaban J connectivity index is 1.25. The molecule has 1 fully saturated rings. The molecule has 0 radical (unpaired) electrons. The monoisotopic (exact) mass is 666 g/mol. The Morgan fingerprint density at radius 1 is 1.06 bits per heavy atom. The summed E-state index contributed by atoms with van der Waals surface area (Å²) in [6.07, 6.45) is 0.859. The van der Waals surface area contributed by atoms with Gasteiger partial charge >= 0.3 is 6.03 Å². The van der Waals surface area contributed by atoms with E-state index in [0.717, 1.165) is 55.0 Å². The fourth-order valence-corrected chi connectivity index (χ4v) is 6.25. The number of ether oxygens (including phenoxy) is 3. The van der Waals surface area contributed by atoms with Crippen molar-refractivity contribution in [3.8, 4) is 23.0 Å². The summed E-state index contributed by atoms with van der Waals surface area (Å²) < 4.78 is 46.6. The zero-order chi connectivity index (χ0) is 33.5. The molecule has 5 rings (SSSR count). The highest BCUT2D eigenvalue weighted by Crippen LogP contribution is 2.40. The Bertz CT molecular complexity index is 1720. The predicted octanol–water partition coefficient (Wildman–Crippen LogP) is 6.32. The molecule has 1 atom stereocenters. The van der Waals surface area contributed by atoms with Gasteiger partial charge in [-0.1, -0.05) is 19.9 Å². The number of hydrogen-bond donors (Lipinski definition) is 3. The number of halogens is 2. The van der Waals surface area contributed by atoms with Gasteiger partial charge in [-0.05, 0) is 62.0 Å². The van der Waals surface area contributed by atoms with Crippen molar-refractivity contribution < 1.29 is 32.6 Å². The zero-order valence-electron chi connectivity index (χ0n) is 26.2. The number of fused-ring (bicyclic) bond motifs is 1. The summed E-state index contributed by atoms with van der Waals surface area (Å²) in [5.41, 5.74) is 9.16. The third kappa shape index (κ3) is 7.95. The molecule has 1 aromatic heterocycles. The number of nitrogen functional groups attached to an aromatic ring is 1. The molecule has 0 spiro atoms. The molecule has 4 N–H and O–H groups in total. The second kappa shape index (κ2) is 15.2. The number of anilines is 2. The van der Waals surface area contributed by atoms with Gasteiger partial charge in [0.15, 0.2) is 11.5 Å². The summed E-state index contributed by atoms with van der Waals surface area (Å²) in [5, 5.41) is 3.15. The van der Waals surface area contributed by atoms with Crippen LogP contribution in [-0.4, -0.2) is 65.9 Å². The molecule has 0 aliphatic carbocycles. The number of nitrogens with two attached hydrogens (primary N) is 1. The standard InChI is InChI=1S/C33H36F2N6O5S/c1-4-40(5-2)14-7-15-45-28-17-25-22(16-27(28)44-3)26(18-29(36)38-25)46-21-12-10-20(11-13-21)37-33(43)39-41-30(42)19-47-32(41)31-23(34)8-6-9-24(31)35/h6,8-13,16-18,32H,4-5,7,14-15,19H2,1-3H3,(H2,36,38)(H2,37,39,43). The molecule has 3 aromatic carbocycles. The van der Waals surface area contributed by atoms with Gasteiger partial charge in [-0.3, -0.25) is 4.79 Å². The highest BCUT2D eigenvalue weighted by Gasteiger charge is 2.37. The lowest BCUT2D eigenvalue weighted by Crippen LogP contribution is -2.46. The van der Waals surface area contributed by atoms with Crippen LogP contribution in [0, 0.1) is 11.6 Å². The first-order valence-electron chi connectivity index (χ1n) is 15.1. The van der Waals surface area contributed by atoms with Crippen molar-refractivity contribution in [2.24, 2.45) is 0 Å². The molecule has 14 heteroatoms. The number of aromatic nitrogens is 1. The summed E-state index contributed by atoms with van der Waals surface area (Å²) >= 11 is 1.01. The maximum atomic E-state index is 14.4. The summed E-state index contributed by atoms with van der Waals surface area (Å²) in [6.45, 7) is 7.68. The number of benzene rings is 3. The Hall–Kier alpha value is -4.82. The van der Waals surface area contributed by atoms with Crippen molar-refractivity contribution in [2.75, 3.05) is 50.2 Å². The molecule has 0 bridgehead atoms. The number of nitrogens with zero attached hydrogens (tertiary/aromatic N) is 3. The Labute approximate surface area is 275 Å². The Morgan fingerprint density at radius 2 is 1.79 bits per heavy atom. The fourth-order valence-electron chi connectivity index (χ4n) is 5.10. The highest BCUT2D eigenvalue weighted by molar-refractivity contribution is 8.00. The van der Waals surface area contributed by atoms with Crippen molar-refractivity contribution in [3.05, 3.63) is 77.9 Å². The molecule has 11 nitrogen and oxygen atoms in total. The van der Waals surface area contributed by atoms with E-state index in [4.69, 9.17) is 19.9 Å². The number of rotatable bonds is 13. The van der Waals surface area contributed by atoms with Gasteiger partial charge in [-0.2, -0.15) is 0 Å². The van der Waals surface area contributed by atoms with Crippen LogP contribution in [0.4, 0.5) is 25.1 Å². The van der Waals surface area contributed by atoms with E-state index in [1.54, 1.807) is 49.6 Å². The van der Waals surface area contributed by atoms with E-state index >= 15 is 0 Å². The summed E-state index contributed by atoms with van der Waals surface area (Å²) in [5.74, 6) is 0.0625. The summed E-state index contributed by atoms with van der Waals surface area (Å²) in [6, 6.07) is 14.3. The van der Waals surface area contributed by atoms with Crippen LogP contribution in [0.5, 0.6) is 23.0 Å². The number of pyridine rings is 1. The van der Waals surface area contributed by atoms with Crippen LogP contribution >= 0.6 is 11.8 Å². The number of nitrogens with one attached hydrogen (secondary N) is 2. The van der Waals surface area contributed by atoms with E-state index in [1.807, 2.05) is 0 Å². The molecule has 1 unspecified atom stereocenters. The van der Waals surface area contributed by atoms with Crippen LogP contribution in [0.15, 0.2) is 60.7 Å². The van der Waals surface area contributed by atoms with Crippen molar-refractivity contribution >= 4 is 46.1 Å². The van der Waals surface area contributed by atoms with Crippen LogP contribution in [0.25, 0.3) is 10.9 Å². The Kier molecular flexibility index (Phi) is 10.8. The number of carbonyl (C=O) groups excluding carboxylic acids is 2. The molecule has 1 aliphatic heterocycles. The molecule has 0 saturated carbocycles. The predicted molar refractivity (Wildman–Crippen MR) is 178 cm³/mol. The number of thioether (sulfide) groups is 1. The number of methoxy groups -OCH3 is 1. The summed E-state index contributed by atoms with van der Waals surface area (Å²) in [7, 11) is 1.56. The van der Waals surface area contributed by atoms with Crippen molar-refractivity contribution in [1.82, 2.24) is 20.3 Å². The summed E-state index contributed by atoms with van der Waals surface area (Å²) in [4.78, 5) is 32.0. The number of amides is 3. The van der Waals surface area contributed by atoms with Gasteiger partial charge in [-0.15, -0.1) is 11.8 Å². The van der Waals surface area contributed by atoms with Crippen LogP contribution in [0.3, 0.4) is 0 Å². The number of hydrogen-bond acceptors (Lipinski definition) is 9. The topological polar surface area (TPSA) is 131 Å². The van der Waals surface area contributed by atoms with Crippen LogP contribution in [0.1, 0.15) is 31.2 Å². The molecular formula is C33H36F2N6O5S.